The van der Waals surface area contributed by atoms with Crippen molar-refractivity contribution in [2.75, 3.05) is 19.0 Å². The Hall–Kier alpha value is -1.96. The molecule has 0 spiro atoms. The van der Waals surface area contributed by atoms with Crippen LogP contribution in [0.25, 0.3) is 0 Å². The second-order valence-corrected chi connectivity index (χ2v) is 5.85. The number of methoxy groups -OCH3 is 1. The smallest absolute Gasteiger partial charge is 0.142 e. The molecular formula is C19H25NO. The lowest BCUT2D eigenvalue weighted by Crippen LogP contribution is -2.18. The van der Waals surface area contributed by atoms with Gasteiger partial charge in [0.15, 0.2) is 0 Å². The van der Waals surface area contributed by atoms with Crippen LogP contribution in [0.5, 0.6) is 5.75 Å². The Morgan fingerprint density at radius 2 is 1.76 bits per heavy atom. The number of rotatable bonds is 6. The van der Waals surface area contributed by atoms with Gasteiger partial charge in [0, 0.05) is 12.5 Å². The number of nitrogens with one attached hydrogen (secondary N) is 1. The van der Waals surface area contributed by atoms with E-state index in [1.54, 1.807) is 7.11 Å². The van der Waals surface area contributed by atoms with E-state index in [0.29, 0.717) is 11.8 Å². The highest BCUT2D eigenvalue weighted by atomic mass is 16.5. The van der Waals surface area contributed by atoms with Gasteiger partial charge in [-0.3, -0.25) is 0 Å². The van der Waals surface area contributed by atoms with Crippen molar-refractivity contribution in [1.82, 2.24) is 0 Å². The molecule has 0 aliphatic heterocycles. The first-order valence-electron chi connectivity index (χ1n) is 7.55. The van der Waals surface area contributed by atoms with Crippen LogP contribution in [0.3, 0.4) is 0 Å². The molecular weight excluding hydrogens is 258 g/mol. The zero-order chi connectivity index (χ0) is 15.2. The molecule has 2 aromatic carbocycles. The Kier molecular flexibility index (Phi) is 5.26. The molecule has 1 unspecified atom stereocenters. The van der Waals surface area contributed by atoms with Crippen molar-refractivity contribution in [3.8, 4) is 5.75 Å². The zero-order valence-corrected chi connectivity index (χ0v) is 13.4. The Labute approximate surface area is 128 Å². The minimum Gasteiger partial charge on any atom is -0.495 e. The monoisotopic (exact) mass is 283 g/mol. The summed E-state index contributed by atoms with van der Waals surface area (Å²) in [5, 5.41) is 3.55. The van der Waals surface area contributed by atoms with Gasteiger partial charge >= 0.3 is 0 Å². The van der Waals surface area contributed by atoms with Gasteiger partial charge in [0.2, 0.25) is 0 Å². The molecule has 1 N–H and O–H groups in total. The fourth-order valence-electron chi connectivity index (χ4n) is 2.60. The Bertz CT molecular complexity index is 563. The molecule has 112 valence electrons. The molecule has 0 fully saturated rings. The van der Waals surface area contributed by atoms with E-state index in [0.717, 1.165) is 18.0 Å². The molecule has 0 heterocycles. The van der Waals surface area contributed by atoms with Gasteiger partial charge in [0.05, 0.1) is 12.8 Å². The van der Waals surface area contributed by atoms with Crippen LogP contribution in [0, 0.1) is 12.8 Å². The Morgan fingerprint density at radius 3 is 2.38 bits per heavy atom. The van der Waals surface area contributed by atoms with Crippen molar-refractivity contribution in [3.63, 3.8) is 0 Å². The topological polar surface area (TPSA) is 21.3 Å². The number of aryl methyl sites for hydroxylation is 1. The average Bonchev–Trinajstić information content (AvgIpc) is 2.49. The highest BCUT2D eigenvalue weighted by molar-refractivity contribution is 5.57. The first kappa shape index (κ1) is 15.4. The lowest BCUT2D eigenvalue weighted by molar-refractivity contribution is 0.415. The summed E-state index contributed by atoms with van der Waals surface area (Å²) in [6.45, 7) is 7.52. The molecule has 21 heavy (non-hydrogen) atoms. The maximum atomic E-state index is 5.46. The molecule has 2 rings (SSSR count). The van der Waals surface area contributed by atoms with Gasteiger partial charge in [0.25, 0.3) is 0 Å². The summed E-state index contributed by atoms with van der Waals surface area (Å²) in [7, 11) is 1.72. The molecule has 0 saturated heterocycles. The molecule has 0 bridgehead atoms. The molecule has 1 atom stereocenters. The lowest BCUT2D eigenvalue weighted by Gasteiger charge is -2.23. The van der Waals surface area contributed by atoms with Gasteiger partial charge in [-0.05, 0) is 36.1 Å². The lowest BCUT2D eigenvalue weighted by atomic mass is 9.88. The van der Waals surface area contributed by atoms with Gasteiger partial charge < -0.3 is 10.1 Å². The molecule has 0 radical (unpaired) electrons. The van der Waals surface area contributed by atoms with Gasteiger partial charge in [-0.1, -0.05) is 50.2 Å². The van der Waals surface area contributed by atoms with E-state index in [2.05, 4.69) is 74.6 Å². The molecule has 0 amide bonds. The molecule has 2 nitrogen and oxygen atoms in total. The predicted octanol–water partition coefficient (Wildman–Crippen LogP) is 4.86. The van der Waals surface area contributed by atoms with E-state index in [9.17, 15) is 0 Å². The van der Waals surface area contributed by atoms with Crippen LogP contribution >= 0.6 is 0 Å². The third-order valence-electron chi connectivity index (χ3n) is 3.90. The summed E-state index contributed by atoms with van der Waals surface area (Å²) in [5.74, 6) is 1.97. The van der Waals surface area contributed by atoms with E-state index < -0.39 is 0 Å². The molecule has 0 aliphatic rings. The minimum atomic E-state index is 0.484. The van der Waals surface area contributed by atoms with E-state index >= 15 is 0 Å². The fourth-order valence-corrected chi connectivity index (χ4v) is 2.60. The fraction of sp³-hybridized carbons (Fsp3) is 0.368. The summed E-state index contributed by atoms with van der Waals surface area (Å²) < 4.78 is 5.46. The highest BCUT2D eigenvalue weighted by Gasteiger charge is 2.16. The Balaban J connectivity index is 2.13. The molecule has 0 aliphatic carbocycles. The van der Waals surface area contributed by atoms with Gasteiger partial charge in [-0.15, -0.1) is 0 Å². The Morgan fingerprint density at radius 1 is 1.05 bits per heavy atom. The normalized spacial score (nSPS) is 12.2. The van der Waals surface area contributed by atoms with Crippen LogP contribution in [0.15, 0.2) is 48.5 Å². The van der Waals surface area contributed by atoms with Crippen LogP contribution in [-0.2, 0) is 0 Å². The van der Waals surface area contributed by atoms with E-state index in [1.165, 1.54) is 11.1 Å². The number of ether oxygens (including phenoxy) is 1. The van der Waals surface area contributed by atoms with Crippen LogP contribution in [0.1, 0.15) is 30.9 Å². The summed E-state index contributed by atoms with van der Waals surface area (Å²) in [6, 6.07) is 17.0. The van der Waals surface area contributed by atoms with Crippen molar-refractivity contribution < 1.29 is 4.74 Å². The third kappa shape index (κ3) is 4.01. The van der Waals surface area contributed by atoms with E-state index in [4.69, 9.17) is 4.74 Å². The molecule has 2 aromatic rings. The van der Waals surface area contributed by atoms with E-state index in [1.807, 2.05) is 0 Å². The number of hydrogen-bond donors (Lipinski definition) is 1. The van der Waals surface area contributed by atoms with Crippen LogP contribution < -0.4 is 10.1 Å². The first-order valence-corrected chi connectivity index (χ1v) is 7.55. The predicted molar refractivity (Wildman–Crippen MR) is 90.2 cm³/mol. The summed E-state index contributed by atoms with van der Waals surface area (Å²) in [4.78, 5) is 0. The van der Waals surface area contributed by atoms with Crippen LogP contribution in [-0.4, -0.2) is 13.7 Å². The van der Waals surface area contributed by atoms with Gasteiger partial charge in [-0.2, -0.15) is 0 Å². The van der Waals surface area contributed by atoms with Gasteiger partial charge in [0.1, 0.15) is 5.75 Å². The number of hydrogen-bond acceptors (Lipinski definition) is 2. The van der Waals surface area contributed by atoms with E-state index in [-0.39, 0.29) is 0 Å². The van der Waals surface area contributed by atoms with Crippen LogP contribution in [0.2, 0.25) is 0 Å². The summed E-state index contributed by atoms with van der Waals surface area (Å²) in [5.41, 5.74) is 3.65. The number of anilines is 1. The molecule has 2 heteroatoms. The maximum absolute atomic E-state index is 5.46. The highest BCUT2D eigenvalue weighted by Crippen LogP contribution is 2.29. The first-order chi connectivity index (χ1) is 10.1. The van der Waals surface area contributed by atoms with Crippen LogP contribution in [0.4, 0.5) is 5.69 Å². The quantitative estimate of drug-likeness (QED) is 0.817. The van der Waals surface area contributed by atoms with Crippen molar-refractivity contribution in [2.45, 2.75) is 26.7 Å². The summed E-state index contributed by atoms with van der Waals surface area (Å²) >= 11 is 0. The maximum Gasteiger partial charge on any atom is 0.142 e. The second-order valence-electron chi connectivity index (χ2n) is 5.85. The van der Waals surface area contributed by atoms with Crippen molar-refractivity contribution in [2.24, 2.45) is 5.92 Å². The second kappa shape index (κ2) is 7.16. The average molecular weight is 283 g/mol. The van der Waals surface area contributed by atoms with Crippen molar-refractivity contribution in [3.05, 3.63) is 59.7 Å². The minimum absolute atomic E-state index is 0.484. The molecule has 0 saturated carbocycles. The van der Waals surface area contributed by atoms with Crippen molar-refractivity contribution in [1.29, 1.82) is 0 Å². The summed E-state index contributed by atoms with van der Waals surface area (Å²) in [6.07, 6.45) is 0. The zero-order valence-electron chi connectivity index (χ0n) is 13.4. The van der Waals surface area contributed by atoms with Crippen molar-refractivity contribution >= 4 is 5.69 Å². The largest absolute Gasteiger partial charge is 0.495 e. The SMILES string of the molecule is COc1cc(C)ccc1NCC(c1ccccc1)C(C)C. The van der Waals surface area contributed by atoms with Gasteiger partial charge in [-0.25, -0.2) is 0 Å². The molecule has 0 aromatic heterocycles. The number of benzene rings is 2. The standard InChI is InChI=1S/C19H25NO/c1-14(2)17(16-8-6-5-7-9-16)13-20-18-11-10-15(3)12-19(18)21-4/h5-12,14,17,20H,13H2,1-4H3. The third-order valence-corrected chi connectivity index (χ3v) is 3.90.